The summed E-state index contributed by atoms with van der Waals surface area (Å²) in [5.74, 6) is 0.478. The molecular formula is C13H12ClNO2S2. The fourth-order valence-electron chi connectivity index (χ4n) is 1.42. The summed E-state index contributed by atoms with van der Waals surface area (Å²) in [5, 5.41) is 3.61. The van der Waals surface area contributed by atoms with Crippen molar-refractivity contribution in [2.45, 2.75) is 17.1 Å². The molecule has 100 valence electrons. The Balaban J connectivity index is 1.94. The number of carbonyl (C=O) groups is 1. The third-order valence-electron chi connectivity index (χ3n) is 2.34. The van der Waals surface area contributed by atoms with Crippen LogP contribution in [0.3, 0.4) is 0 Å². The summed E-state index contributed by atoms with van der Waals surface area (Å²) < 4.78 is 4.61. The Labute approximate surface area is 125 Å². The molecule has 0 amide bonds. The van der Waals surface area contributed by atoms with Gasteiger partial charge in [0.15, 0.2) is 0 Å². The van der Waals surface area contributed by atoms with E-state index in [1.165, 1.54) is 7.11 Å². The Morgan fingerprint density at radius 2 is 2.26 bits per heavy atom. The molecule has 0 spiro atoms. The fraction of sp³-hybridized carbons (Fsp3) is 0.231. The Kier molecular flexibility index (Phi) is 5.24. The van der Waals surface area contributed by atoms with Crippen LogP contribution in [-0.4, -0.2) is 18.1 Å². The summed E-state index contributed by atoms with van der Waals surface area (Å²) in [4.78, 5) is 16.6. The van der Waals surface area contributed by atoms with Gasteiger partial charge in [0.1, 0.15) is 5.01 Å². The van der Waals surface area contributed by atoms with Crippen LogP contribution in [0.15, 0.2) is 34.5 Å². The van der Waals surface area contributed by atoms with E-state index in [1.54, 1.807) is 23.1 Å². The number of nitrogens with zero attached hydrogens (tertiary/aromatic N) is 1. The van der Waals surface area contributed by atoms with Crippen molar-refractivity contribution in [1.29, 1.82) is 0 Å². The van der Waals surface area contributed by atoms with Crippen LogP contribution >= 0.6 is 34.7 Å². The Morgan fingerprint density at radius 3 is 3.00 bits per heavy atom. The van der Waals surface area contributed by atoms with Gasteiger partial charge in [0.25, 0.3) is 0 Å². The minimum atomic E-state index is -0.268. The first kappa shape index (κ1) is 14.4. The van der Waals surface area contributed by atoms with E-state index in [-0.39, 0.29) is 12.4 Å². The molecule has 1 aromatic heterocycles. The van der Waals surface area contributed by atoms with Gasteiger partial charge in [-0.05, 0) is 12.1 Å². The van der Waals surface area contributed by atoms with Crippen molar-refractivity contribution in [2.24, 2.45) is 0 Å². The van der Waals surface area contributed by atoms with Crippen molar-refractivity contribution in [3.63, 3.8) is 0 Å². The molecule has 0 aliphatic rings. The number of aromatic nitrogens is 1. The van der Waals surface area contributed by atoms with Crippen LogP contribution in [0.25, 0.3) is 0 Å². The van der Waals surface area contributed by atoms with Gasteiger partial charge < -0.3 is 4.74 Å². The summed E-state index contributed by atoms with van der Waals surface area (Å²) in [6.45, 7) is 0. The van der Waals surface area contributed by atoms with Crippen LogP contribution < -0.4 is 0 Å². The largest absolute Gasteiger partial charge is 0.469 e. The van der Waals surface area contributed by atoms with Gasteiger partial charge in [0, 0.05) is 10.3 Å². The lowest BCUT2D eigenvalue weighted by atomic mass is 10.3. The molecule has 0 atom stereocenters. The second kappa shape index (κ2) is 6.93. The van der Waals surface area contributed by atoms with E-state index in [2.05, 4.69) is 9.72 Å². The van der Waals surface area contributed by atoms with Crippen LogP contribution in [0.1, 0.15) is 10.7 Å². The minimum Gasteiger partial charge on any atom is -0.469 e. The number of benzene rings is 1. The van der Waals surface area contributed by atoms with Gasteiger partial charge in [0.2, 0.25) is 0 Å². The lowest BCUT2D eigenvalue weighted by Crippen LogP contribution is -2.04. The molecule has 3 nitrogen and oxygen atoms in total. The summed E-state index contributed by atoms with van der Waals surface area (Å²) in [6.07, 6.45) is 0.226. The van der Waals surface area contributed by atoms with E-state index in [9.17, 15) is 4.79 Å². The van der Waals surface area contributed by atoms with E-state index in [1.807, 2.05) is 29.6 Å². The Morgan fingerprint density at radius 1 is 1.47 bits per heavy atom. The van der Waals surface area contributed by atoms with Crippen molar-refractivity contribution in [3.05, 3.63) is 45.4 Å². The number of esters is 1. The molecule has 0 fully saturated rings. The highest BCUT2D eigenvalue weighted by molar-refractivity contribution is 7.98. The zero-order valence-corrected chi connectivity index (χ0v) is 12.6. The maximum absolute atomic E-state index is 11.1. The fourth-order valence-corrected chi connectivity index (χ4v) is 3.47. The lowest BCUT2D eigenvalue weighted by molar-refractivity contribution is -0.139. The number of hydrogen-bond donors (Lipinski definition) is 0. The van der Waals surface area contributed by atoms with Crippen molar-refractivity contribution >= 4 is 40.7 Å². The number of hydrogen-bond acceptors (Lipinski definition) is 5. The molecule has 0 radical (unpaired) electrons. The molecule has 0 unspecified atom stereocenters. The number of halogens is 1. The number of thiazole rings is 1. The molecule has 1 aromatic carbocycles. The second-order valence-corrected chi connectivity index (χ2v) is 6.07. The molecule has 0 saturated heterocycles. The van der Waals surface area contributed by atoms with Gasteiger partial charge >= 0.3 is 5.97 Å². The normalized spacial score (nSPS) is 10.4. The molecule has 0 saturated carbocycles. The predicted molar refractivity (Wildman–Crippen MR) is 78.8 cm³/mol. The van der Waals surface area contributed by atoms with Crippen LogP contribution in [0, 0.1) is 0 Å². The summed E-state index contributed by atoms with van der Waals surface area (Å²) in [7, 11) is 1.38. The van der Waals surface area contributed by atoms with E-state index in [0.29, 0.717) is 0 Å². The molecule has 2 aromatic rings. The van der Waals surface area contributed by atoms with Crippen molar-refractivity contribution in [3.8, 4) is 0 Å². The lowest BCUT2D eigenvalue weighted by Gasteiger charge is -2.01. The number of ether oxygens (including phenoxy) is 1. The van der Waals surface area contributed by atoms with Crippen LogP contribution in [0.5, 0.6) is 0 Å². The predicted octanol–water partition coefficient (Wildman–Crippen LogP) is 3.80. The number of rotatable bonds is 5. The number of carbonyl (C=O) groups excluding carboxylic acids is 1. The Hall–Kier alpha value is -1.04. The molecule has 1 heterocycles. The molecule has 0 aliphatic heterocycles. The van der Waals surface area contributed by atoms with Gasteiger partial charge in [-0.25, -0.2) is 4.98 Å². The molecular weight excluding hydrogens is 302 g/mol. The molecule has 2 rings (SSSR count). The monoisotopic (exact) mass is 313 g/mol. The average Bonchev–Trinajstić information content (AvgIpc) is 2.85. The number of thioether (sulfide) groups is 1. The van der Waals surface area contributed by atoms with Gasteiger partial charge in [-0.2, -0.15) is 0 Å². The van der Waals surface area contributed by atoms with Crippen molar-refractivity contribution in [1.82, 2.24) is 4.98 Å². The highest BCUT2D eigenvalue weighted by atomic mass is 35.5. The number of methoxy groups -OCH3 is 1. The van der Waals surface area contributed by atoms with Crippen LogP contribution in [0.2, 0.25) is 5.02 Å². The second-order valence-electron chi connectivity index (χ2n) is 3.70. The van der Waals surface area contributed by atoms with Crippen LogP contribution in [0.4, 0.5) is 0 Å². The molecule has 0 bridgehead atoms. The highest BCUT2D eigenvalue weighted by Gasteiger charge is 2.08. The molecule has 0 N–H and O–H groups in total. The van der Waals surface area contributed by atoms with Gasteiger partial charge in [-0.3, -0.25) is 4.79 Å². The van der Waals surface area contributed by atoms with E-state index in [0.717, 1.165) is 26.4 Å². The topological polar surface area (TPSA) is 39.2 Å². The third-order valence-corrected chi connectivity index (χ3v) is 4.95. The first-order chi connectivity index (χ1) is 9.19. The highest BCUT2D eigenvalue weighted by Crippen LogP contribution is 2.30. The average molecular weight is 314 g/mol. The van der Waals surface area contributed by atoms with E-state index >= 15 is 0 Å². The summed E-state index contributed by atoms with van der Waals surface area (Å²) >= 11 is 9.27. The first-order valence-electron chi connectivity index (χ1n) is 5.56. The van der Waals surface area contributed by atoms with E-state index < -0.39 is 0 Å². The minimum absolute atomic E-state index is 0.226. The van der Waals surface area contributed by atoms with Gasteiger partial charge in [0.05, 0.1) is 30.0 Å². The van der Waals surface area contributed by atoms with E-state index in [4.69, 9.17) is 11.6 Å². The van der Waals surface area contributed by atoms with Crippen molar-refractivity contribution < 1.29 is 9.53 Å². The standard InChI is InChI=1S/C13H12ClNO2S2/c1-17-13(16)6-9-7-19-12(15-9)8-18-11-5-3-2-4-10(11)14/h2-5,7H,6,8H2,1H3. The summed E-state index contributed by atoms with van der Waals surface area (Å²) in [5.41, 5.74) is 0.756. The SMILES string of the molecule is COC(=O)Cc1csc(CSc2ccccc2Cl)n1. The molecule has 19 heavy (non-hydrogen) atoms. The maximum Gasteiger partial charge on any atom is 0.311 e. The van der Waals surface area contributed by atoms with Crippen LogP contribution in [-0.2, 0) is 21.7 Å². The Bertz CT molecular complexity index is 571. The van der Waals surface area contributed by atoms with Gasteiger partial charge in [-0.15, -0.1) is 23.1 Å². The molecule has 6 heteroatoms. The first-order valence-corrected chi connectivity index (χ1v) is 7.81. The molecule has 0 aliphatic carbocycles. The zero-order chi connectivity index (χ0) is 13.7. The quantitative estimate of drug-likeness (QED) is 0.621. The zero-order valence-electron chi connectivity index (χ0n) is 10.3. The van der Waals surface area contributed by atoms with Crippen molar-refractivity contribution in [2.75, 3.05) is 7.11 Å². The summed E-state index contributed by atoms with van der Waals surface area (Å²) in [6, 6.07) is 7.72. The van der Waals surface area contributed by atoms with Gasteiger partial charge in [-0.1, -0.05) is 23.7 Å². The third kappa shape index (κ3) is 4.23. The smallest absolute Gasteiger partial charge is 0.311 e. The maximum atomic E-state index is 11.1.